The van der Waals surface area contributed by atoms with Crippen molar-refractivity contribution in [2.24, 2.45) is 12.8 Å². The Morgan fingerprint density at radius 1 is 1.20 bits per heavy atom. The number of aryl methyl sites for hydroxylation is 2. The highest BCUT2D eigenvalue weighted by molar-refractivity contribution is 5.89. The first-order valence-corrected chi connectivity index (χ1v) is 7.77. The number of nitrogens with zero attached hydrogens (tertiary/aromatic N) is 3. The zero-order chi connectivity index (χ0) is 18.1. The Balaban J connectivity index is 2.24. The zero-order valence-corrected chi connectivity index (χ0v) is 14.3. The number of anilines is 1. The first-order chi connectivity index (χ1) is 11.9. The summed E-state index contributed by atoms with van der Waals surface area (Å²) in [5, 5.41) is 7.29. The largest absolute Gasteiger partial charge is 0.351 e. The number of nitrogens with one attached hydrogen (secondary N) is 1. The number of hydrogen-bond donors (Lipinski definition) is 2. The number of primary amides is 1. The lowest BCUT2D eigenvalue weighted by molar-refractivity contribution is 0.259. The first-order valence-electron chi connectivity index (χ1n) is 7.77. The number of aromatic nitrogens is 3. The van der Waals surface area contributed by atoms with E-state index in [0.29, 0.717) is 17.1 Å². The number of nitrogens with two attached hydrogens (primary N) is 1. The minimum atomic E-state index is -0.664. The fourth-order valence-electron chi connectivity index (χ4n) is 2.80. The van der Waals surface area contributed by atoms with E-state index in [1.54, 1.807) is 30.9 Å². The van der Waals surface area contributed by atoms with Gasteiger partial charge in [-0.1, -0.05) is 18.2 Å². The van der Waals surface area contributed by atoms with Crippen LogP contribution in [0.1, 0.15) is 11.1 Å². The second-order valence-corrected chi connectivity index (χ2v) is 5.89. The summed E-state index contributed by atoms with van der Waals surface area (Å²) in [4.78, 5) is 23.4. The van der Waals surface area contributed by atoms with E-state index in [0.717, 1.165) is 16.8 Å². The molecule has 3 rings (SSSR count). The quantitative estimate of drug-likeness (QED) is 0.768. The van der Waals surface area contributed by atoms with Crippen LogP contribution in [0, 0.1) is 13.8 Å². The molecule has 0 saturated carbocycles. The maximum atomic E-state index is 11.9. The summed E-state index contributed by atoms with van der Waals surface area (Å²) in [5.41, 5.74) is 8.91. The molecule has 2 amide bonds. The van der Waals surface area contributed by atoms with Gasteiger partial charge < -0.3 is 10.3 Å². The van der Waals surface area contributed by atoms with E-state index in [1.807, 2.05) is 37.3 Å². The number of amides is 2. The molecule has 0 atom stereocenters. The minimum Gasteiger partial charge on any atom is -0.351 e. The highest BCUT2D eigenvalue weighted by atomic mass is 16.2. The SMILES string of the molecule is Cc1c(-c2cc(C)c(=O)n(C)c2)nn(-c2ccccc2)c1NC(N)=O. The molecule has 0 aliphatic carbocycles. The fourth-order valence-corrected chi connectivity index (χ4v) is 2.80. The second-order valence-electron chi connectivity index (χ2n) is 5.89. The Bertz CT molecular complexity index is 976. The standard InChI is InChI=1S/C18H19N5O2/c1-11-9-13(10-22(3)17(11)24)15-12(2)16(20-18(19)25)23(21-15)14-7-5-4-6-8-14/h4-10H,1-3H3,(H3,19,20,25). The topological polar surface area (TPSA) is 94.9 Å². The smallest absolute Gasteiger partial charge is 0.317 e. The van der Waals surface area contributed by atoms with Gasteiger partial charge in [0.15, 0.2) is 0 Å². The van der Waals surface area contributed by atoms with Crippen LogP contribution in [-0.2, 0) is 7.05 Å². The van der Waals surface area contributed by atoms with Crippen LogP contribution >= 0.6 is 0 Å². The van der Waals surface area contributed by atoms with Crippen molar-refractivity contribution in [2.45, 2.75) is 13.8 Å². The van der Waals surface area contributed by atoms with Gasteiger partial charge in [0.2, 0.25) is 0 Å². The maximum Gasteiger partial charge on any atom is 0.317 e. The Hall–Kier alpha value is -3.35. The van der Waals surface area contributed by atoms with Crippen molar-refractivity contribution >= 4 is 11.8 Å². The van der Waals surface area contributed by atoms with Gasteiger partial charge in [0.05, 0.1) is 11.4 Å². The van der Waals surface area contributed by atoms with E-state index < -0.39 is 6.03 Å². The van der Waals surface area contributed by atoms with Crippen LogP contribution in [0.3, 0.4) is 0 Å². The van der Waals surface area contributed by atoms with Crippen molar-refractivity contribution in [1.82, 2.24) is 14.3 Å². The summed E-state index contributed by atoms with van der Waals surface area (Å²) < 4.78 is 3.16. The van der Waals surface area contributed by atoms with Crippen molar-refractivity contribution < 1.29 is 4.79 Å². The molecule has 2 heterocycles. The number of benzene rings is 1. The summed E-state index contributed by atoms with van der Waals surface area (Å²) in [6.07, 6.45) is 1.73. The Kier molecular flexibility index (Phi) is 4.14. The lowest BCUT2D eigenvalue weighted by Gasteiger charge is -2.07. The summed E-state index contributed by atoms with van der Waals surface area (Å²) in [6.45, 7) is 3.62. The van der Waals surface area contributed by atoms with Gasteiger partial charge in [-0.2, -0.15) is 5.10 Å². The molecule has 128 valence electrons. The number of urea groups is 1. The van der Waals surface area contributed by atoms with Crippen LogP contribution in [0.2, 0.25) is 0 Å². The van der Waals surface area contributed by atoms with E-state index in [-0.39, 0.29) is 5.56 Å². The molecule has 0 bridgehead atoms. The summed E-state index contributed by atoms with van der Waals surface area (Å²) in [5.74, 6) is 0.500. The predicted molar refractivity (Wildman–Crippen MR) is 96.9 cm³/mol. The molecule has 0 aliphatic rings. The van der Waals surface area contributed by atoms with Crippen molar-refractivity contribution in [3.8, 4) is 16.9 Å². The lowest BCUT2D eigenvalue weighted by Crippen LogP contribution is -2.21. The van der Waals surface area contributed by atoms with Crippen molar-refractivity contribution in [3.05, 3.63) is 64.1 Å². The Labute approximate surface area is 144 Å². The van der Waals surface area contributed by atoms with Gasteiger partial charge in [-0.05, 0) is 32.0 Å². The zero-order valence-electron chi connectivity index (χ0n) is 14.3. The van der Waals surface area contributed by atoms with Crippen LogP contribution in [0.15, 0.2) is 47.4 Å². The number of carbonyl (C=O) groups is 1. The van der Waals surface area contributed by atoms with Gasteiger partial charge >= 0.3 is 6.03 Å². The maximum absolute atomic E-state index is 11.9. The van der Waals surface area contributed by atoms with E-state index in [1.165, 1.54) is 4.57 Å². The van der Waals surface area contributed by atoms with E-state index in [2.05, 4.69) is 10.4 Å². The monoisotopic (exact) mass is 337 g/mol. The van der Waals surface area contributed by atoms with Gasteiger partial charge in [0.1, 0.15) is 5.82 Å². The third kappa shape index (κ3) is 3.03. The molecular weight excluding hydrogens is 318 g/mol. The lowest BCUT2D eigenvalue weighted by atomic mass is 10.1. The molecule has 0 fully saturated rings. The van der Waals surface area contributed by atoms with Gasteiger partial charge in [-0.3, -0.25) is 10.1 Å². The Morgan fingerprint density at radius 3 is 2.48 bits per heavy atom. The van der Waals surface area contributed by atoms with Gasteiger partial charge in [-0.25, -0.2) is 9.48 Å². The predicted octanol–water partition coefficient (Wildman–Crippen LogP) is 2.35. The molecule has 7 nitrogen and oxygen atoms in total. The highest BCUT2D eigenvalue weighted by Gasteiger charge is 2.19. The van der Waals surface area contributed by atoms with Gasteiger partial charge in [0.25, 0.3) is 5.56 Å². The minimum absolute atomic E-state index is 0.0561. The van der Waals surface area contributed by atoms with E-state index >= 15 is 0 Å². The molecular formula is C18H19N5O2. The molecule has 0 radical (unpaired) electrons. The average Bonchev–Trinajstić information content (AvgIpc) is 2.89. The third-order valence-corrected chi connectivity index (χ3v) is 4.00. The third-order valence-electron chi connectivity index (χ3n) is 4.00. The van der Waals surface area contributed by atoms with Crippen LogP contribution in [0.4, 0.5) is 10.6 Å². The molecule has 7 heteroatoms. The Morgan fingerprint density at radius 2 is 1.88 bits per heavy atom. The van der Waals surface area contributed by atoms with Crippen molar-refractivity contribution in [3.63, 3.8) is 0 Å². The molecule has 1 aromatic carbocycles. The number of para-hydroxylation sites is 1. The van der Waals surface area contributed by atoms with E-state index in [9.17, 15) is 9.59 Å². The molecule has 0 saturated heterocycles. The first kappa shape index (κ1) is 16.5. The highest BCUT2D eigenvalue weighted by Crippen LogP contribution is 2.30. The summed E-state index contributed by atoms with van der Waals surface area (Å²) in [6, 6.07) is 10.6. The molecule has 3 N–H and O–H groups in total. The van der Waals surface area contributed by atoms with Crippen molar-refractivity contribution in [2.75, 3.05) is 5.32 Å². The fraction of sp³-hybridized carbons (Fsp3) is 0.167. The second kappa shape index (κ2) is 6.27. The summed E-state index contributed by atoms with van der Waals surface area (Å²) >= 11 is 0. The molecule has 3 aromatic rings. The molecule has 0 spiro atoms. The van der Waals surface area contributed by atoms with Gasteiger partial charge in [0, 0.05) is 29.9 Å². The normalized spacial score (nSPS) is 10.7. The number of carbonyl (C=O) groups excluding carboxylic acids is 1. The number of rotatable bonds is 3. The molecule has 0 aliphatic heterocycles. The van der Waals surface area contributed by atoms with E-state index in [4.69, 9.17) is 5.73 Å². The molecule has 25 heavy (non-hydrogen) atoms. The molecule has 0 unspecified atom stereocenters. The van der Waals surface area contributed by atoms with Crippen LogP contribution in [0.25, 0.3) is 16.9 Å². The van der Waals surface area contributed by atoms with Crippen LogP contribution < -0.4 is 16.6 Å². The summed E-state index contributed by atoms with van der Waals surface area (Å²) in [7, 11) is 1.70. The van der Waals surface area contributed by atoms with Crippen LogP contribution in [0.5, 0.6) is 0 Å². The number of hydrogen-bond acceptors (Lipinski definition) is 3. The molecule has 2 aromatic heterocycles. The average molecular weight is 337 g/mol. The van der Waals surface area contributed by atoms with Crippen LogP contribution in [-0.4, -0.2) is 20.4 Å². The van der Waals surface area contributed by atoms with Gasteiger partial charge in [-0.15, -0.1) is 0 Å². The van der Waals surface area contributed by atoms with Crippen molar-refractivity contribution in [1.29, 1.82) is 0 Å². The number of pyridine rings is 1.